The second-order valence-electron chi connectivity index (χ2n) is 9.19. The molecule has 2 unspecified atom stereocenters. The van der Waals surface area contributed by atoms with Crippen LogP contribution in [0.5, 0.6) is 11.5 Å². The Kier molecular flexibility index (Phi) is 8.25. The Morgan fingerprint density at radius 2 is 1.72 bits per heavy atom. The molecule has 0 amide bonds. The quantitative estimate of drug-likeness (QED) is 0.490. The highest BCUT2D eigenvalue weighted by atomic mass is 16.5. The topological polar surface area (TPSA) is 39.7 Å². The minimum absolute atomic E-state index is 0.0757. The Morgan fingerprint density at radius 3 is 2.31 bits per heavy atom. The third kappa shape index (κ3) is 6.11. The van der Waals surface area contributed by atoms with E-state index in [4.69, 9.17) is 14.2 Å². The summed E-state index contributed by atoms with van der Waals surface area (Å²) in [5.74, 6) is 3.65. The van der Waals surface area contributed by atoms with Crippen LogP contribution >= 0.6 is 0 Å². The van der Waals surface area contributed by atoms with E-state index in [2.05, 4.69) is 45.1 Å². The zero-order valence-electron chi connectivity index (χ0n) is 19.1. The molecular weight excluding hydrogens is 362 g/mol. The molecule has 0 bridgehead atoms. The van der Waals surface area contributed by atoms with E-state index in [1.54, 1.807) is 7.11 Å². The van der Waals surface area contributed by atoms with Gasteiger partial charge in [0, 0.05) is 30.3 Å². The van der Waals surface area contributed by atoms with Crippen molar-refractivity contribution in [3.8, 4) is 11.5 Å². The van der Waals surface area contributed by atoms with Gasteiger partial charge in [0.05, 0.1) is 7.11 Å². The minimum Gasteiger partial charge on any atom is -0.497 e. The molecule has 3 rings (SSSR count). The SMILES string of the molecule is CCOC(CNC1CCCC1)COc1c(C(C)C)cc(OC)cc1C(C)C1CC1. The molecule has 0 spiro atoms. The fourth-order valence-corrected chi connectivity index (χ4v) is 4.55. The monoisotopic (exact) mass is 403 g/mol. The molecule has 4 heteroatoms. The fraction of sp³-hybridized carbons (Fsp3) is 0.760. The second-order valence-corrected chi connectivity index (χ2v) is 9.19. The highest BCUT2D eigenvalue weighted by Gasteiger charge is 2.32. The summed E-state index contributed by atoms with van der Waals surface area (Å²) in [5, 5.41) is 3.70. The van der Waals surface area contributed by atoms with Gasteiger partial charge in [0.2, 0.25) is 0 Å². The average molecular weight is 404 g/mol. The zero-order valence-corrected chi connectivity index (χ0v) is 19.1. The van der Waals surface area contributed by atoms with Crippen molar-refractivity contribution in [2.45, 2.75) is 90.2 Å². The number of rotatable bonds is 12. The third-order valence-corrected chi connectivity index (χ3v) is 6.60. The van der Waals surface area contributed by atoms with E-state index in [9.17, 15) is 0 Å². The third-order valence-electron chi connectivity index (χ3n) is 6.60. The molecule has 164 valence electrons. The number of ether oxygens (including phenoxy) is 3. The molecule has 0 heterocycles. The maximum absolute atomic E-state index is 6.54. The first-order valence-corrected chi connectivity index (χ1v) is 11.7. The Labute approximate surface area is 177 Å². The van der Waals surface area contributed by atoms with E-state index >= 15 is 0 Å². The van der Waals surface area contributed by atoms with Crippen molar-refractivity contribution in [1.29, 1.82) is 0 Å². The van der Waals surface area contributed by atoms with Crippen molar-refractivity contribution in [1.82, 2.24) is 5.32 Å². The molecule has 4 nitrogen and oxygen atoms in total. The van der Waals surface area contributed by atoms with E-state index in [1.165, 1.54) is 49.7 Å². The zero-order chi connectivity index (χ0) is 20.8. The molecule has 0 aliphatic heterocycles. The smallest absolute Gasteiger partial charge is 0.126 e. The highest BCUT2D eigenvalue weighted by Crippen LogP contribution is 2.47. The lowest BCUT2D eigenvalue weighted by atomic mass is 9.90. The maximum atomic E-state index is 6.54. The van der Waals surface area contributed by atoms with Crippen molar-refractivity contribution in [3.63, 3.8) is 0 Å². The van der Waals surface area contributed by atoms with Crippen LogP contribution in [0.2, 0.25) is 0 Å². The lowest BCUT2D eigenvalue weighted by Crippen LogP contribution is -2.38. The largest absolute Gasteiger partial charge is 0.497 e. The average Bonchev–Trinajstić information content (AvgIpc) is 3.44. The lowest BCUT2D eigenvalue weighted by molar-refractivity contribution is 0.0260. The first kappa shape index (κ1) is 22.4. The molecule has 1 aromatic carbocycles. The van der Waals surface area contributed by atoms with E-state index in [0.29, 0.717) is 31.1 Å². The van der Waals surface area contributed by atoms with Gasteiger partial charge in [-0.3, -0.25) is 0 Å². The molecule has 2 aliphatic rings. The summed E-state index contributed by atoms with van der Waals surface area (Å²) in [6.07, 6.45) is 7.99. The number of methoxy groups -OCH3 is 1. The van der Waals surface area contributed by atoms with E-state index in [1.807, 2.05) is 0 Å². The van der Waals surface area contributed by atoms with Gasteiger partial charge < -0.3 is 19.5 Å². The summed E-state index contributed by atoms with van der Waals surface area (Å²) < 4.78 is 18.2. The van der Waals surface area contributed by atoms with Crippen molar-refractivity contribution >= 4 is 0 Å². The van der Waals surface area contributed by atoms with Gasteiger partial charge >= 0.3 is 0 Å². The molecule has 2 fully saturated rings. The summed E-state index contributed by atoms with van der Waals surface area (Å²) in [4.78, 5) is 0. The van der Waals surface area contributed by atoms with Crippen LogP contribution < -0.4 is 14.8 Å². The highest BCUT2D eigenvalue weighted by molar-refractivity contribution is 5.50. The van der Waals surface area contributed by atoms with E-state index < -0.39 is 0 Å². The van der Waals surface area contributed by atoms with Crippen LogP contribution in [0.3, 0.4) is 0 Å². The predicted octanol–water partition coefficient (Wildman–Crippen LogP) is 5.65. The first-order valence-electron chi connectivity index (χ1n) is 11.7. The van der Waals surface area contributed by atoms with Gasteiger partial charge in [-0.15, -0.1) is 0 Å². The van der Waals surface area contributed by atoms with Crippen LogP contribution in [0.1, 0.15) is 89.2 Å². The number of benzene rings is 1. The Morgan fingerprint density at radius 1 is 1.03 bits per heavy atom. The molecule has 2 saturated carbocycles. The number of hydrogen-bond donors (Lipinski definition) is 1. The maximum Gasteiger partial charge on any atom is 0.126 e. The predicted molar refractivity (Wildman–Crippen MR) is 119 cm³/mol. The van der Waals surface area contributed by atoms with Crippen molar-refractivity contribution in [3.05, 3.63) is 23.3 Å². The molecule has 2 aliphatic carbocycles. The van der Waals surface area contributed by atoms with Crippen LogP contribution in [-0.4, -0.2) is 39.0 Å². The Bertz CT molecular complexity index is 635. The van der Waals surface area contributed by atoms with Crippen LogP contribution in [0.15, 0.2) is 12.1 Å². The molecule has 29 heavy (non-hydrogen) atoms. The van der Waals surface area contributed by atoms with E-state index in [0.717, 1.165) is 24.0 Å². The number of hydrogen-bond acceptors (Lipinski definition) is 4. The Hall–Kier alpha value is -1.26. The summed E-state index contributed by atoms with van der Waals surface area (Å²) in [7, 11) is 1.76. The minimum atomic E-state index is 0.0757. The van der Waals surface area contributed by atoms with Gasteiger partial charge in [-0.25, -0.2) is 0 Å². The Balaban J connectivity index is 1.75. The van der Waals surface area contributed by atoms with Crippen molar-refractivity contribution < 1.29 is 14.2 Å². The molecule has 2 atom stereocenters. The molecule has 1 aromatic rings. The lowest BCUT2D eigenvalue weighted by Gasteiger charge is -2.26. The molecule has 0 saturated heterocycles. The van der Waals surface area contributed by atoms with Gasteiger partial charge in [-0.1, -0.05) is 33.6 Å². The van der Waals surface area contributed by atoms with Gasteiger partial charge in [0.1, 0.15) is 24.2 Å². The van der Waals surface area contributed by atoms with Crippen LogP contribution in [0.25, 0.3) is 0 Å². The second kappa shape index (κ2) is 10.7. The summed E-state index contributed by atoms with van der Waals surface area (Å²) >= 11 is 0. The summed E-state index contributed by atoms with van der Waals surface area (Å²) in [6.45, 7) is 11.0. The molecule has 1 N–H and O–H groups in total. The normalized spacial score (nSPS) is 19.5. The van der Waals surface area contributed by atoms with Crippen LogP contribution in [0, 0.1) is 5.92 Å². The van der Waals surface area contributed by atoms with Gasteiger partial charge in [-0.2, -0.15) is 0 Å². The summed E-state index contributed by atoms with van der Waals surface area (Å²) in [6, 6.07) is 4.99. The van der Waals surface area contributed by atoms with Crippen LogP contribution in [0.4, 0.5) is 0 Å². The number of nitrogens with one attached hydrogen (secondary N) is 1. The van der Waals surface area contributed by atoms with Crippen LogP contribution in [-0.2, 0) is 4.74 Å². The van der Waals surface area contributed by atoms with E-state index in [-0.39, 0.29) is 6.10 Å². The van der Waals surface area contributed by atoms with Gasteiger partial charge in [0.15, 0.2) is 0 Å². The molecule has 0 aromatic heterocycles. The summed E-state index contributed by atoms with van der Waals surface area (Å²) in [5.41, 5.74) is 2.54. The van der Waals surface area contributed by atoms with Gasteiger partial charge in [-0.05, 0) is 62.5 Å². The van der Waals surface area contributed by atoms with Crippen molar-refractivity contribution in [2.75, 3.05) is 26.9 Å². The fourth-order valence-electron chi connectivity index (χ4n) is 4.55. The standard InChI is InChI=1S/C25H41NO3/c1-6-28-22(15-26-20-9-7-8-10-20)16-29-25-23(17(2)3)13-21(27-5)14-24(25)18(4)19-11-12-19/h13-14,17-20,22,26H,6-12,15-16H2,1-5H3. The van der Waals surface area contributed by atoms with Gasteiger partial charge in [0.25, 0.3) is 0 Å². The molecule has 0 radical (unpaired) electrons. The van der Waals surface area contributed by atoms with Crippen molar-refractivity contribution in [2.24, 2.45) is 5.92 Å². The molecular formula is C25H41NO3. The first-order chi connectivity index (χ1) is 14.0.